The van der Waals surface area contributed by atoms with Crippen molar-refractivity contribution in [1.29, 1.82) is 0 Å². The highest BCUT2D eigenvalue weighted by molar-refractivity contribution is 5.98. The van der Waals surface area contributed by atoms with Gasteiger partial charge in [0.15, 0.2) is 0 Å². The second-order valence-corrected chi connectivity index (χ2v) is 7.83. The monoisotopic (exact) mass is 403 g/mol. The number of aromatic nitrogens is 4. The molecule has 1 aromatic carbocycles. The highest BCUT2D eigenvalue weighted by Gasteiger charge is 2.37. The summed E-state index contributed by atoms with van der Waals surface area (Å²) >= 11 is 0. The van der Waals surface area contributed by atoms with Gasteiger partial charge in [0.1, 0.15) is 17.9 Å². The molecule has 0 radical (unpaired) electrons. The van der Waals surface area contributed by atoms with Crippen LogP contribution in [0.2, 0.25) is 0 Å². The number of ether oxygens (including phenoxy) is 1. The van der Waals surface area contributed by atoms with Crippen molar-refractivity contribution in [2.75, 3.05) is 6.61 Å². The molecule has 30 heavy (non-hydrogen) atoms. The van der Waals surface area contributed by atoms with Crippen LogP contribution in [0, 0.1) is 0 Å². The van der Waals surface area contributed by atoms with Gasteiger partial charge in [-0.3, -0.25) is 14.2 Å². The van der Waals surface area contributed by atoms with E-state index in [0.717, 1.165) is 18.4 Å². The van der Waals surface area contributed by atoms with Crippen LogP contribution < -0.4 is 15.6 Å². The van der Waals surface area contributed by atoms with Crippen LogP contribution in [0.15, 0.2) is 47.7 Å². The van der Waals surface area contributed by atoms with Crippen molar-refractivity contribution in [2.24, 2.45) is 0 Å². The van der Waals surface area contributed by atoms with Gasteiger partial charge < -0.3 is 10.1 Å². The second-order valence-electron chi connectivity index (χ2n) is 7.83. The summed E-state index contributed by atoms with van der Waals surface area (Å²) in [7, 11) is 0. The fourth-order valence-corrected chi connectivity index (χ4v) is 4.25. The number of carbonyl (C=O) groups excluding carboxylic acids is 1. The van der Waals surface area contributed by atoms with Gasteiger partial charge in [-0.1, -0.05) is 12.1 Å². The topological polar surface area (TPSA) is 99.0 Å². The summed E-state index contributed by atoms with van der Waals surface area (Å²) in [5, 5.41) is 3.13. The summed E-state index contributed by atoms with van der Waals surface area (Å²) in [4.78, 5) is 38.9. The van der Waals surface area contributed by atoms with Gasteiger partial charge in [0.2, 0.25) is 0 Å². The fraction of sp³-hybridized carbons (Fsp3) is 0.318. The summed E-state index contributed by atoms with van der Waals surface area (Å²) in [6.45, 7) is 3.07. The van der Waals surface area contributed by atoms with E-state index in [2.05, 4.69) is 15.3 Å². The van der Waals surface area contributed by atoms with Gasteiger partial charge in [0, 0.05) is 25.2 Å². The third kappa shape index (κ3) is 3.04. The zero-order valence-corrected chi connectivity index (χ0v) is 16.6. The van der Waals surface area contributed by atoms with E-state index in [9.17, 15) is 9.59 Å². The van der Waals surface area contributed by atoms with Gasteiger partial charge in [0.05, 0.1) is 29.1 Å². The largest absolute Gasteiger partial charge is 0.492 e. The number of hydrogen-bond acceptors (Lipinski definition) is 6. The van der Waals surface area contributed by atoms with Crippen LogP contribution in [0.5, 0.6) is 5.75 Å². The zero-order chi connectivity index (χ0) is 20.7. The lowest BCUT2D eigenvalue weighted by atomic mass is 9.90. The van der Waals surface area contributed by atoms with Gasteiger partial charge >= 0.3 is 0 Å². The molecule has 2 aliphatic rings. The summed E-state index contributed by atoms with van der Waals surface area (Å²) in [5.74, 6) is 0.956. The second kappa shape index (κ2) is 7.05. The maximum Gasteiger partial charge on any atom is 0.255 e. The van der Waals surface area contributed by atoms with Crippen molar-refractivity contribution in [1.82, 2.24) is 24.8 Å². The highest BCUT2D eigenvalue weighted by Crippen LogP contribution is 2.33. The standard InChI is InChI=1S/C22H21N5O3/c1-22(26-20(29)15-5-2-4-14-7-11-30-19(14)15)8-3-10-27-18(28)12-17(25-21(22)27)16-6-9-23-13-24-16/h2,4-6,9,12-13H,3,7-8,10-11H2,1H3,(H,26,29). The first-order chi connectivity index (χ1) is 14.5. The molecule has 5 rings (SSSR count). The van der Waals surface area contributed by atoms with Crippen LogP contribution >= 0.6 is 0 Å². The van der Waals surface area contributed by atoms with E-state index < -0.39 is 5.54 Å². The summed E-state index contributed by atoms with van der Waals surface area (Å²) in [6, 6.07) is 8.81. The minimum atomic E-state index is -0.793. The summed E-state index contributed by atoms with van der Waals surface area (Å²) in [6.07, 6.45) is 5.27. The van der Waals surface area contributed by atoms with Gasteiger partial charge in [-0.25, -0.2) is 15.0 Å². The molecule has 1 N–H and O–H groups in total. The van der Waals surface area contributed by atoms with E-state index in [0.29, 0.717) is 48.1 Å². The van der Waals surface area contributed by atoms with Crippen molar-refractivity contribution in [3.63, 3.8) is 0 Å². The molecule has 0 spiro atoms. The number of hydrogen-bond donors (Lipinski definition) is 1. The molecule has 2 aliphatic heterocycles. The Labute approximate surface area is 173 Å². The molecule has 152 valence electrons. The molecule has 1 amide bonds. The Bertz CT molecular complexity index is 1190. The number of rotatable bonds is 3. The predicted molar refractivity (Wildman–Crippen MR) is 109 cm³/mol. The van der Waals surface area contributed by atoms with E-state index in [1.165, 1.54) is 12.4 Å². The van der Waals surface area contributed by atoms with E-state index in [1.807, 2.05) is 19.1 Å². The SMILES string of the molecule is CC1(NC(=O)c2cccc3c2OCC3)CCCn2c1nc(-c1ccncn1)cc2=O. The molecule has 1 atom stereocenters. The number of nitrogens with one attached hydrogen (secondary N) is 1. The molecule has 0 saturated heterocycles. The number of nitrogens with zero attached hydrogens (tertiary/aromatic N) is 4. The lowest BCUT2D eigenvalue weighted by molar-refractivity contribution is 0.0877. The maximum atomic E-state index is 13.2. The Morgan fingerprint density at radius 1 is 1.27 bits per heavy atom. The molecule has 8 nitrogen and oxygen atoms in total. The van der Waals surface area contributed by atoms with Gasteiger partial charge in [-0.2, -0.15) is 0 Å². The van der Waals surface area contributed by atoms with Crippen molar-refractivity contribution >= 4 is 5.91 Å². The minimum absolute atomic E-state index is 0.155. The van der Waals surface area contributed by atoms with Crippen LogP contribution in [0.4, 0.5) is 0 Å². The molecule has 0 saturated carbocycles. The van der Waals surface area contributed by atoms with Crippen LogP contribution in [0.25, 0.3) is 11.4 Å². The lowest BCUT2D eigenvalue weighted by Crippen LogP contribution is -2.50. The number of fused-ring (bicyclic) bond motifs is 2. The fourth-order valence-electron chi connectivity index (χ4n) is 4.25. The zero-order valence-electron chi connectivity index (χ0n) is 16.6. The molecular weight excluding hydrogens is 382 g/mol. The number of para-hydroxylation sites is 1. The third-order valence-corrected chi connectivity index (χ3v) is 5.75. The molecule has 0 fully saturated rings. The van der Waals surface area contributed by atoms with E-state index >= 15 is 0 Å². The average Bonchev–Trinajstić information content (AvgIpc) is 3.24. The summed E-state index contributed by atoms with van der Waals surface area (Å²) in [5.41, 5.74) is 1.64. The number of amides is 1. The Morgan fingerprint density at radius 2 is 2.17 bits per heavy atom. The first kappa shape index (κ1) is 18.5. The molecule has 3 aromatic rings. The van der Waals surface area contributed by atoms with Crippen LogP contribution in [0.1, 0.15) is 41.5 Å². The van der Waals surface area contributed by atoms with Gasteiger partial charge in [0.25, 0.3) is 11.5 Å². The first-order valence-electron chi connectivity index (χ1n) is 10.0. The van der Waals surface area contributed by atoms with Gasteiger partial charge in [-0.05, 0) is 37.5 Å². The minimum Gasteiger partial charge on any atom is -0.492 e. The van der Waals surface area contributed by atoms with E-state index in [1.54, 1.807) is 22.9 Å². The first-order valence-corrected chi connectivity index (χ1v) is 10.0. The molecule has 2 aromatic heterocycles. The third-order valence-electron chi connectivity index (χ3n) is 5.75. The molecule has 4 heterocycles. The summed E-state index contributed by atoms with van der Waals surface area (Å²) < 4.78 is 7.33. The molecule has 8 heteroatoms. The highest BCUT2D eigenvalue weighted by atomic mass is 16.5. The molecule has 1 unspecified atom stereocenters. The van der Waals surface area contributed by atoms with E-state index in [4.69, 9.17) is 9.72 Å². The number of carbonyl (C=O) groups is 1. The Hall–Kier alpha value is -3.55. The lowest BCUT2D eigenvalue weighted by Gasteiger charge is -2.36. The Morgan fingerprint density at radius 3 is 3.00 bits per heavy atom. The van der Waals surface area contributed by atoms with Crippen LogP contribution in [-0.4, -0.2) is 32.0 Å². The van der Waals surface area contributed by atoms with Crippen molar-refractivity contribution in [3.05, 3.63) is 70.2 Å². The van der Waals surface area contributed by atoms with E-state index in [-0.39, 0.29) is 11.5 Å². The van der Waals surface area contributed by atoms with Crippen molar-refractivity contribution in [2.45, 2.75) is 38.3 Å². The normalized spacial score (nSPS) is 19.5. The van der Waals surface area contributed by atoms with Crippen LogP contribution in [0.3, 0.4) is 0 Å². The van der Waals surface area contributed by atoms with Crippen molar-refractivity contribution in [3.8, 4) is 17.1 Å². The van der Waals surface area contributed by atoms with Gasteiger partial charge in [-0.15, -0.1) is 0 Å². The predicted octanol–water partition coefficient (Wildman–Crippen LogP) is 2.07. The Balaban J connectivity index is 1.55. The average molecular weight is 403 g/mol. The smallest absolute Gasteiger partial charge is 0.255 e. The van der Waals surface area contributed by atoms with Crippen LogP contribution in [-0.2, 0) is 18.5 Å². The Kier molecular flexibility index (Phi) is 4.34. The molecule has 0 aliphatic carbocycles. The molecular formula is C22H21N5O3. The maximum absolute atomic E-state index is 13.2. The van der Waals surface area contributed by atoms with Crippen molar-refractivity contribution < 1.29 is 9.53 Å². The molecule has 0 bridgehead atoms. The number of benzene rings is 1. The quantitative estimate of drug-likeness (QED) is 0.719.